The number of nitrogens with one attached hydrogen (secondary N) is 1. The van der Waals surface area contributed by atoms with E-state index in [1.165, 1.54) is 18.3 Å². The lowest BCUT2D eigenvalue weighted by atomic mass is 10.1. The SMILES string of the molecule is N#C/C(=C/N1CCCCC1)C(=O)Nc1cccc(C(F)(F)F)c1. The normalized spacial score (nSPS) is 15.9. The smallest absolute Gasteiger partial charge is 0.376 e. The summed E-state index contributed by atoms with van der Waals surface area (Å²) in [5.41, 5.74) is -0.970. The average Bonchev–Trinajstić information content (AvgIpc) is 2.53. The van der Waals surface area contributed by atoms with Gasteiger partial charge in [0.05, 0.1) is 5.56 Å². The Bertz CT molecular complexity index is 641. The van der Waals surface area contributed by atoms with Gasteiger partial charge >= 0.3 is 6.18 Å². The minimum absolute atomic E-state index is 0.00428. The number of carbonyl (C=O) groups is 1. The minimum atomic E-state index is -4.48. The van der Waals surface area contributed by atoms with Crippen molar-refractivity contribution in [3.05, 3.63) is 41.6 Å². The zero-order valence-corrected chi connectivity index (χ0v) is 12.4. The van der Waals surface area contributed by atoms with Crippen molar-refractivity contribution in [3.63, 3.8) is 0 Å². The summed E-state index contributed by atoms with van der Waals surface area (Å²) < 4.78 is 38.0. The van der Waals surface area contributed by atoms with Gasteiger partial charge in [0.15, 0.2) is 0 Å². The van der Waals surface area contributed by atoms with Crippen molar-refractivity contribution in [3.8, 4) is 6.07 Å². The van der Waals surface area contributed by atoms with E-state index >= 15 is 0 Å². The number of hydrogen-bond donors (Lipinski definition) is 1. The first kappa shape index (κ1) is 16.9. The fourth-order valence-corrected chi connectivity index (χ4v) is 2.34. The van der Waals surface area contributed by atoms with Crippen LogP contribution in [-0.2, 0) is 11.0 Å². The summed E-state index contributed by atoms with van der Waals surface area (Å²) in [5, 5.41) is 11.4. The topological polar surface area (TPSA) is 56.1 Å². The van der Waals surface area contributed by atoms with Gasteiger partial charge in [0.1, 0.15) is 11.6 Å². The highest BCUT2D eigenvalue weighted by atomic mass is 19.4. The number of rotatable bonds is 3. The molecule has 0 aliphatic carbocycles. The molecule has 0 radical (unpaired) electrons. The molecule has 1 heterocycles. The number of amides is 1. The highest BCUT2D eigenvalue weighted by Gasteiger charge is 2.30. The Morgan fingerprint density at radius 2 is 1.96 bits per heavy atom. The second-order valence-corrected chi connectivity index (χ2v) is 5.28. The lowest BCUT2D eigenvalue weighted by Gasteiger charge is -2.25. The van der Waals surface area contributed by atoms with Gasteiger partial charge < -0.3 is 10.2 Å². The molecule has 23 heavy (non-hydrogen) atoms. The van der Waals surface area contributed by atoms with E-state index in [-0.39, 0.29) is 11.3 Å². The summed E-state index contributed by atoms with van der Waals surface area (Å²) >= 11 is 0. The second-order valence-electron chi connectivity index (χ2n) is 5.28. The van der Waals surface area contributed by atoms with Crippen molar-refractivity contribution < 1.29 is 18.0 Å². The third kappa shape index (κ3) is 4.74. The van der Waals surface area contributed by atoms with E-state index in [1.807, 2.05) is 4.90 Å². The number of alkyl halides is 3. The third-order valence-corrected chi connectivity index (χ3v) is 3.52. The second kappa shape index (κ2) is 7.18. The quantitative estimate of drug-likeness (QED) is 0.684. The van der Waals surface area contributed by atoms with Gasteiger partial charge in [-0.15, -0.1) is 0 Å². The van der Waals surface area contributed by atoms with Crippen LogP contribution in [0, 0.1) is 11.3 Å². The maximum absolute atomic E-state index is 12.7. The van der Waals surface area contributed by atoms with Crippen LogP contribution in [0.25, 0.3) is 0 Å². The number of benzene rings is 1. The first-order valence-corrected chi connectivity index (χ1v) is 7.25. The van der Waals surface area contributed by atoms with E-state index in [0.29, 0.717) is 0 Å². The molecule has 0 spiro atoms. The number of likely N-dealkylation sites (tertiary alicyclic amines) is 1. The Morgan fingerprint density at radius 1 is 1.26 bits per heavy atom. The van der Waals surface area contributed by atoms with E-state index in [0.717, 1.165) is 44.5 Å². The van der Waals surface area contributed by atoms with Crippen LogP contribution in [0.3, 0.4) is 0 Å². The Labute approximate surface area is 132 Å². The standard InChI is InChI=1S/C16H16F3N3O/c17-16(18,19)13-5-4-6-14(9-13)21-15(23)12(10-20)11-22-7-2-1-3-8-22/h4-6,9,11H,1-3,7-8H2,(H,21,23)/b12-11-. The molecule has 0 atom stereocenters. The van der Waals surface area contributed by atoms with Crippen molar-refractivity contribution >= 4 is 11.6 Å². The van der Waals surface area contributed by atoms with E-state index in [9.17, 15) is 18.0 Å². The molecule has 0 aromatic heterocycles. The monoisotopic (exact) mass is 323 g/mol. The number of hydrogen-bond acceptors (Lipinski definition) is 3. The highest BCUT2D eigenvalue weighted by Crippen LogP contribution is 2.30. The minimum Gasteiger partial charge on any atom is -0.376 e. The zero-order valence-electron chi connectivity index (χ0n) is 12.4. The predicted molar refractivity (Wildman–Crippen MR) is 79.2 cm³/mol. The Balaban J connectivity index is 2.11. The summed E-state index contributed by atoms with van der Waals surface area (Å²) in [5.74, 6) is -0.711. The van der Waals surface area contributed by atoms with Crippen LogP contribution in [0.1, 0.15) is 24.8 Å². The summed E-state index contributed by atoms with van der Waals surface area (Å²) in [4.78, 5) is 14.0. The fraction of sp³-hybridized carbons (Fsp3) is 0.375. The van der Waals surface area contributed by atoms with Crippen LogP contribution in [0.2, 0.25) is 0 Å². The Hall–Kier alpha value is -2.49. The van der Waals surface area contributed by atoms with Crippen molar-refractivity contribution in [1.82, 2.24) is 4.90 Å². The first-order chi connectivity index (χ1) is 10.9. The lowest BCUT2D eigenvalue weighted by Crippen LogP contribution is -2.26. The van der Waals surface area contributed by atoms with Gasteiger partial charge in [0.2, 0.25) is 0 Å². The molecule has 1 aromatic rings. The molecule has 7 heteroatoms. The van der Waals surface area contributed by atoms with Gasteiger partial charge in [-0.1, -0.05) is 6.07 Å². The maximum atomic E-state index is 12.7. The molecular formula is C16H16F3N3O. The van der Waals surface area contributed by atoms with Gasteiger partial charge in [-0.25, -0.2) is 0 Å². The fourth-order valence-electron chi connectivity index (χ4n) is 2.34. The molecule has 1 aliphatic rings. The molecular weight excluding hydrogens is 307 g/mol. The van der Waals surface area contributed by atoms with Crippen LogP contribution in [0.4, 0.5) is 18.9 Å². The molecule has 0 bridgehead atoms. The van der Waals surface area contributed by atoms with Gasteiger partial charge in [-0.05, 0) is 37.5 Å². The van der Waals surface area contributed by atoms with Crippen molar-refractivity contribution in [1.29, 1.82) is 5.26 Å². The van der Waals surface area contributed by atoms with Gasteiger partial charge in [-0.3, -0.25) is 4.79 Å². The molecule has 1 fully saturated rings. The van der Waals surface area contributed by atoms with Crippen molar-refractivity contribution in [2.45, 2.75) is 25.4 Å². The summed E-state index contributed by atoms with van der Waals surface area (Å²) in [6.45, 7) is 1.53. The number of nitrogens with zero attached hydrogens (tertiary/aromatic N) is 2. The third-order valence-electron chi connectivity index (χ3n) is 3.52. The molecule has 122 valence electrons. The van der Waals surface area contributed by atoms with Crippen LogP contribution in [0.5, 0.6) is 0 Å². The number of halogens is 3. The summed E-state index contributed by atoms with van der Waals surface area (Å²) in [7, 11) is 0. The Morgan fingerprint density at radius 3 is 2.57 bits per heavy atom. The average molecular weight is 323 g/mol. The molecule has 2 rings (SSSR count). The van der Waals surface area contributed by atoms with E-state index in [2.05, 4.69) is 5.32 Å². The molecule has 0 unspecified atom stereocenters. The van der Waals surface area contributed by atoms with Crippen molar-refractivity contribution in [2.24, 2.45) is 0 Å². The molecule has 0 saturated carbocycles. The van der Waals surface area contributed by atoms with Gasteiger partial charge in [-0.2, -0.15) is 18.4 Å². The van der Waals surface area contributed by atoms with Crippen molar-refractivity contribution in [2.75, 3.05) is 18.4 Å². The molecule has 1 amide bonds. The summed E-state index contributed by atoms with van der Waals surface area (Å²) in [6, 6.07) is 6.12. The molecule has 4 nitrogen and oxygen atoms in total. The van der Waals surface area contributed by atoms with Gasteiger partial charge in [0.25, 0.3) is 5.91 Å². The molecule has 1 N–H and O–H groups in total. The number of piperidine rings is 1. The molecule has 1 aromatic carbocycles. The number of carbonyl (C=O) groups excluding carboxylic acids is 1. The lowest BCUT2D eigenvalue weighted by molar-refractivity contribution is -0.137. The maximum Gasteiger partial charge on any atom is 0.416 e. The van der Waals surface area contributed by atoms with E-state index in [1.54, 1.807) is 6.07 Å². The van der Waals surface area contributed by atoms with Gasteiger partial charge in [0, 0.05) is 25.0 Å². The zero-order chi connectivity index (χ0) is 16.9. The van der Waals surface area contributed by atoms with Crippen LogP contribution in [0.15, 0.2) is 36.0 Å². The van der Waals surface area contributed by atoms with Crippen LogP contribution >= 0.6 is 0 Å². The molecule has 1 aliphatic heterocycles. The van der Waals surface area contributed by atoms with Crippen LogP contribution < -0.4 is 5.32 Å². The summed E-state index contributed by atoms with van der Waals surface area (Å²) in [6.07, 6.45) is 0.0854. The highest BCUT2D eigenvalue weighted by molar-refractivity contribution is 6.06. The molecule has 1 saturated heterocycles. The van der Waals surface area contributed by atoms with E-state index < -0.39 is 17.6 Å². The van der Waals surface area contributed by atoms with E-state index in [4.69, 9.17) is 5.26 Å². The Kier molecular flexibility index (Phi) is 5.27. The number of nitriles is 1. The van der Waals surface area contributed by atoms with Crippen LogP contribution in [-0.4, -0.2) is 23.9 Å². The largest absolute Gasteiger partial charge is 0.416 e. The first-order valence-electron chi connectivity index (χ1n) is 7.25. The predicted octanol–water partition coefficient (Wildman–Crippen LogP) is 3.54. The number of anilines is 1.